The summed E-state index contributed by atoms with van der Waals surface area (Å²) in [5.41, 5.74) is 9.47. The number of hydrogen-bond donors (Lipinski definition) is 2. The summed E-state index contributed by atoms with van der Waals surface area (Å²) in [7, 11) is 0. The number of nitrogens with zero attached hydrogens (tertiary/aromatic N) is 2. The van der Waals surface area contributed by atoms with Crippen LogP contribution in [0, 0.1) is 0 Å². The Kier molecular flexibility index (Phi) is 6.58. The van der Waals surface area contributed by atoms with Gasteiger partial charge in [-0.2, -0.15) is 0 Å². The van der Waals surface area contributed by atoms with Crippen molar-refractivity contribution in [2.24, 2.45) is 5.73 Å². The molecule has 2 heterocycles. The summed E-state index contributed by atoms with van der Waals surface area (Å²) in [4.78, 5) is 20.3. The SMILES string of the molecule is CCN1CCc2nc3ccccc3c(C(=O)NCCCCCCN)c2C1. The summed E-state index contributed by atoms with van der Waals surface area (Å²) < 4.78 is 0. The first-order valence-corrected chi connectivity index (χ1v) is 9.85. The highest BCUT2D eigenvalue weighted by atomic mass is 16.1. The van der Waals surface area contributed by atoms with Gasteiger partial charge in [-0.25, -0.2) is 0 Å². The van der Waals surface area contributed by atoms with Crippen molar-refractivity contribution < 1.29 is 4.79 Å². The number of nitrogens with one attached hydrogen (secondary N) is 1. The Morgan fingerprint density at radius 1 is 1.23 bits per heavy atom. The number of unbranched alkanes of at least 4 members (excludes halogenated alkanes) is 3. The first-order valence-electron chi connectivity index (χ1n) is 9.85. The molecule has 1 amide bonds. The zero-order valence-electron chi connectivity index (χ0n) is 15.8. The fourth-order valence-corrected chi connectivity index (χ4v) is 3.69. The lowest BCUT2D eigenvalue weighted by Crippen LogP contribution is -2.34. The minimum Gasteiger partial charge on any atom is -0.352 e. The number of nitrogens with two attached hydrogens (primary N) is 1. The molecule has 3 N–H and O–H groups in total. The van der Waals surface area contributed by atoms with Crippen LogP contribution in [-0.4, -0.2) is 42.0 Å². The van der Waals surface area contributed by atoms with Crippen molar-refractivity contribution >= 4 is 16.8 Å². The fourth-order valence-electron chi connectivity index (χ4n) is 3.69. The van der Waals surface area contributed by atoms with Crippen molar-refractivity contribution in [2.45, 2.75) is 45.6 Å². The summed E-state index contributed by atoms with van der Waals surface area (Å²) >= 11 is 0. The molecule has 5 nitrogen and oxygen atoms in total. The van der Waals surface area contributed by atoms with Crippen LogP contribution in [0.5, 0.6) is 0 Å². The lowest BCUT2D eigenvalue weighted by Gasteiger charge is -2.29. The molecular weight excluding hydrogens is 324 g/mol. The normalized spacial score (nSPS) is 14.4. The molecule has 0 aliphatic carbocycles. The van der Waals surface area contributed by atoms with Crippen molar-refractivity contribution in [3.8, 4) is 0 Å². The Bertz CT molecular complexity index is 759. The standard InChI is InChI=1S/C21H30N4O/c1-2-25-14-11-19-17(15-25)20(16-9-5-6-10-18(16)24-19)21(26)23-13-8-4-3-7-12-22/h5-6,9-10H,2-4,7-8,11-15,22H2,1H3,(H,23,26). The minimum atomic E-state index is 0.0385. The number of amides is 1. The van der Waals surface area contributed by atoms with Crippen LogP contribution in [0.15, 0.2) is 24.3 Å². The van der Waals surface area contributed by atoms with Gasteiger partial charge < -0.3 is 11.1 Å². The highest BCUT2D eigenvalue weighted by Gasteiger charge is 2.24. The number of likely N-dealkylation sites (N-methyl/N-ethyl adjacent to an activating group) is 1. The molecule has 0 saturated heterocycles. The van der Waals surface area contributed by atoms with Gasteiger partial charge in [0, 0.05) is 42.7 Å². The van der Waals surface area contributed by atoms with Gasteiger partial charge in [0.15, 0.2) is 0 Å². The van der Waals surface area contributed by atoms with Crippen molar-refractivity contribution in [1.29, 1.82) is 0 Å². The molecule has 0 spiro atoms. The predicted molar refractivity (Wildman–Crippen MR) is 106 cm³/mol. The van der Waals surface area contributed by atoms with E-state index >= 15 is 0 Å². The van der Waals surface area contributed by atoms with Crippen molar-refractivity contribution in [1.82, 2.24) is 15.2 Å². The van der Waals surface area contributed by atoms with Gasteiger partial charge in [-0.05, 0) is 32.0 Å². The molecule has 0 saturated carbocycles. The summed E-state index contributed by atoms with van der Waals surface area (Å²) in [6.07, 6.45) is 5.20. The summed E-state index contributed by atoms with van der Waals surface area (Å²) in [6, 6.07) is 8.00. The van der Waals surface area contributed by atoms with E-state index in [0.29, 0.717) is 6.54 Å². The molecular formula is C21H30N4O. The molecule has 26 heavy (non-hydrogen) atoms. The summed E-state index contributed by atoms with van der Waals surface area (Å²) in [5, 5.41) is 4.10. The van der Waals surface area contributed by atoms with Gasteiger partial charge in [0.1, 0.15) is 0 Å². The van der Waals surface area contributed by atoms with E-state index in [0.717, 1.165) is 86.0 Å². The van der Waals surface area contributed by atoms with E-state index in [4.69, 9.17) is 10.7 Å². The molecule has 2 aromatic rings. The van der Waals surface area contributed by atoms with E-state index in [2.05, 4.69) is 17.1 Å². The highest BCUT2D eigenvalue weighted by Crippen LogP contribution is 2.28. The van der Waals surface area contributed by atoms with E-state index in [1.165, 1.54) is 0 Å². The van der Waals surface area contributed by atoms with E-state index in [9.17, 15) is 4.79 Å². The maximum Gasteiger partial charge on any atom is 0.252 e. The number of rotatable bonds is 8. The van der Waals surface area contributed by atoms with E-state index in [1.807, 2.05) is 24.3 Å². The highest BCUT2D eigenvalue weighted by molar-refractivity contribution is 6.07. The van der Waals surface area contributed by atoms with E-state index < -0.39 is 0 Å². The van der Waals surface area contributed by atoms with Gasteiger partial charge in [0.25, 0.3) is 5.91 Å². The average molecular weight is 354 g/mol. The quantitative estimate of drug-likeness (QED) is 0.715. The van der Waals surface area contributed by atoms with Gasteiger partial charge in [-0.15, -0.1) is 0 Å². The first kappa shape index (κ1) is 18.8. The molecule has 0 atom stereocenters. The maximum absolute atomic E-state index is 13.0. The van der Waals surface area contributed by atoms with Crippen LogP contribution in [-0.2, 0) is 13.0 Å². The molecule has 0 fully saturated rings. The number of fused-ring (bicyclic) bond motifs is 2. The summed E-state index contributed by atoms with van der Waals surface area (Å²) in [6.45, 7) is 6.44. The molecule has 5 heteroatoms. The molecule has 1 aliphatic rings. The number of aromatic nitrogens is 1. The van der Waals surface area contributed by atoms with Crippen LogP contribution in [0.25, 0.3) is 10.9 Å². The molecule has 1 aromatic heterocycles. The second kappa shape index (κ2) is 9.10. The Hall–Kier alpha value is -1.98. The lowest BCUT2D eigenvalue weighted by atomic mass is 9.95. The molecule has 0 unspecified atom stereocenters. The van der Waals surface area contributed by atoms with Gasteiger partial charge in [0.2, 0.25) is 0 Å². The fraction of sp³-hybridized carbons (Fsp3) is 0.524. The molecule has 140 valence electrons. The molecule has 1 aromatic carbocycles. The predicted octanol–water partition coefficient (Wildman–Crippen LogP) is 2.86. The number of carbonyl (C=O) groups is 1. The number of pyridine rings is 1. The first-order chi connectivity index (χ1) is 12.7. The van der Waals surface area contributed by atoms with Crippen LogP contribution in [0.4, 0.5) is 0 Å². The van der Waals surface area contributed by atoms with Crippen molar-refractivity contribution in [3.63, 3.8) is 0 Å². The largest absolute Gasteiger partial charge is 0.352 e. The summed E-state index contributed by atoms with van der Waals surface area (Å²) in [5.74, 6) is 0.0385. The van der Waals surface area contributed by atoms with Gasteiger partial charge >= 0.3 is 0 Å². The second-order valence-corrected chi connectivity index (χ2v) is 7.01. The third kappa shape index (κ3) is 4.22. The van der Waals surface area contributed by atoms with Crippen LogP contribution in [0.2, 0.25) is 0 Å². The number of para-hydroxylation sites is 1. The minimum absolute atomic E-state index is 0.0385. The van der Waals surface area contributed by atoms with Gasteiger partial charge in [0.05, 0.1) is 11.1 Å². The third-order valence-electron chi connectivity index (χ3n) is 5.22. The zero-order chi connectivity index (χ0) is 18.4. The number of benzene rings is 1. The molecule has 3 rings (SSSR count). The number of hydrogen-bond acceptors (Lipinski definition) is 4. The zero-order valence-corrected chi connectivity index (χ0v) is 15.8. The van der Waals surface area contributed by atoms with Crippen LogP contribution < -0.4 is 11.1 Å². The van der Waals surface area contributed by atoms with Crippen LogP contribution in [0.3, 0.4) is 0 Å². The maximum atomic E-state index is 13.0. The van der Waals surface area contributed by atoms with Crippen LogP contribution in [0.1, 0.15) is 54.2 Å². The third-order valence-corrected chi connectivity index (χ3v) is 5.22. The van der Waals surface area contributed by atoms with E-state index in [-0.39, 0.29) is 5.91 Å². The number of carbonyl (C=O) groups excluding carboxylic acids is 1. The lowest BCUT2D eigenvalue weighted by molar-refractivity contribution is 0.0951. The Morgan fingerprint density at radius 2 is 2.04 bits per heavy atom. The van der Waals surface area contributed by atoms with Crippen LogP contribution >= 0.6 is 0 Å². The Morgan fingerprint density at radius 3 is 2.85 bits per heavy atom. The monoisotopic (exact) mass is 354 g/mol. The van der Waals surface area contributed by atoms with Gasteiger partial charge in [-0.1, -0.05) is 38.0 Å². The van der Waals surface area contributed by atoms with Crippen molar-refractivity contribution in [3.05, 3.63) is 41.1 Å². The molecule has 0 bridgehead atoms. The second-order valence-electron chi connectivity index (χ2n) is 7.01. The molecule has 1 aliphatic heterocycles. The topological polar surface area (TPSA) is 71.2 Å². The smallest absolute Gasteiger partial charge is 0.252 e. The average Bonchev–Trinajstić information content (AvgIpc) is 2.68. The Labute approximate surface area is 156 Å². The van der Waals surface area contributed by atoms with Crippen molar-refractivity contribution in [2.75, 3.05) is 26.2 Å². The molecule has 0 radical (unpaired) electrons. The van der Waals surface area contributed by atoms with E-state index in [1.54, 1.807) is 0 Å². The van der Waals surface area contributed by atoms with Gasteiger partial charge in [-0.3, -0.25) is 14.7 Å². The Balaban J connectivity index is 1.82.